The minimum Gasteiger partial charge on any atom is -0.293 e. The lowest BCUT2D eigenvalue weighted by Crippen LogP contribution is -2.10. The minimum atomic E-state index is 0.220. The highest BCUT2D eigenvalue weighted by Gasteiger charge is 2.31. The van der Waals surface area contributed by atoms with Gasteiger partial charge in [0.15, 0.2) is 5.78 Å². The fraction of sp³-hybridized carbons (Fsp3) is 0.444. The molecular weight excluding hydrogens is 188 g/mol. The molecule has 12 heavy (non-hydrogen) atoms. The van der Waals surface area contributed by atoms with Gasteiger partial charge in [0, 0.05) is 5.56 Å². The standard InChI is InChI=1S/C9H10OS2/c1-2-3-7-8(10)6-4-5-11-9(6)12-7/h4-5,7H,2-3H2,1H3. The number of rotatable bonds is 2. The molecule has 1 aromatic heterocycles. The minimum absolute atomic E-state index is 0.220. The Morgan fingerprint density at radius 2 is 2.42 bits per heavy atom. The van der Waals surface area contributed by atoms with Crippen molar-refractivity contribution in [2.24, 2.45) is 0 Å². The summed E-state index contributed by atoms with van der Waals surface area (Å²) in [4.78, 5) is 11.6. The summed E-state index contributed by atoms with van der Waals surface area (Å²) in [6.45, 7) is 2.13. The first-order chi connectivity index (χ1) is 5.83. The number of ketones is 1. The van der Waals surface area contributed by atoms with Gasteiger partial charge in [-0.1, -0.05) is 13.3 Å². The van der Waals surface area contributed by atoms with Gasteiger partial charge < -0.3 is 0 Å². The van der Waals surface area contributed by atoms with Gasteiger partial charge in [0.25, 0.3) is 0 Å². The molecule has 1 nitrogen and oxygen atoms in total. The zero-order chi connectivity index (χ0) is 8.55. The third kappa shape index (κ3) is 1.21. The number of hydrogen-bond acceptors (Lipinski definition) is 3. The van der Waals surface area contributed by atoms with E-state index in [1.807, 2.05) is 11.4 Å². The first-order valence-corrected chi connectivity index (χ1v) is 5.87. The predicted molar refractivity (Wildman–Crippen MR) is 53.2 cm³/mol. The summed E-state index contributed by atoms with van der Waals surface area (Å²) in [6.07, 6.45) is 2.11. The average Bonchev–Trinajstić information content (AvgIpc) is 2.58. The maximum absolute atomic E-state index is 11.6. The van der Waals surface area contributed by atoms with Crippen LogP contribution in [0.2, 0.25) is 0 Å². The van der Waals surface area contributed by atoms with E-state index in [0.29, 0.717) is 5.78 Å². The Labute approximate surface area is 80.2 Å². The van der Waals surface area contributed by atoms with E-state index in [2.05, 4.69) is 6.92 Å². The largest absolute Gasteiger partial charge is 0.293 e. The molecule has 0 aromatic carbocycles. The van der Waals surface area contributed by atoms with Crippen LogP contribution in [0, 0.1) is 0 Å². The summed E-state index contributed by atoms with van der Waals surface area (Å²) in [7, 11) is 0. The van der Waals surface area contributed by atoms with Crippen LogP contribution in [0.3, 0.4) is 0 Å². The van der Waals surface area contributed by atoms with Crippen LogP contribution in [0.1, 0.15) is 30.1 Å². The Morgan fingerprint density at radius 1 is 1.58 bits per heavy atom. The maximum atomic E-state index is 11.6. The Morgan fingerprint density at radius 3 is 3.08 bits per heavy atom. The van der Waals surface area contributed by atoms with E-state index in [1.165, 1.54) is 4.21 Å². The quantitative estimate of drug-likeness (QED) is 0.726. The Balaban J connectivity index is 2.21. The lowest BCUT2D eigenvalue weighted by Gasteiger charge is -2.02. The second-order valence-corrected chi connectivity index (χ2v) is 5.27. The third-order valence-electron chi connectivity index (χ3n) is 1.99. The molecule has 1 aliphatic heterocycles. The van der Waals surface area contributed by atoms with Gasteiger partial charge >= 0.3 is 0 Å². The van der Waals surface area contributed by atoms with Crippen LogP contribution in [0.4, 0.5) is 0 Å². The summed E-state index contributed by atoms with van der Waals surface area (Å²) in [5.74, 6) is 0.345. The highest BCUT2D eigenvalue weighted by Crippen LogP contribution is 2.42. The third-order valence-corrected chi connectivity index (χ3v) is 4.44. The van der Waals surface area contributed by atoms with Crippen LogP contribution < -0.4 is 0 Å². The Hall–Kier alpha value is -0.280. The molecule has 2 heterocycles. The van der Waals surface area contributed by atoms with Crippen molar-refractivity contribution in [2.75, 3.05) is 0 Å². The van der Waals surface area contributed by atoms with Crippen LogP contribution in [-0.2, 0) is 0 Å². The lowest BCUT2D eigenvalue weighted by atomic mass is 10.1. The van der Waals surface area contributed by atoms with Gasteiger partial charge in [0.1, 0.15) is 0 Å². The first kappa shape index (κ1) is 8.32. The topological polar surface area (TPSA) is 17.1 Å². The van der Waals surface area contributed by atoms with Crippen molar-refractivity contribution in [3.05, 3.63) is 17.0 Å². The molecule has 0 bridgehead atoms. The van der Waals surface area contributed by atoms with Crippen LogP contribution in [0.5, 0.6) is 0 Å². The fourth-order valence-electron chi connectivity index (χ4n) is 1.38. The van der Waals surface area contributed by atoms with Crippen molar-refractivity contribution in [1.29, 1.82) is 0 Å². The van der Waals surface area contributed by atoms with Crippen molar-refractivity contribution in [3.63, 3.8) is 0 Å². The molecule has 0 amide bonds. The summed E-state index contributed by atoms with van der Waals surface area (Å²) < 4.78 is 1.22. The van der Waals surface area contributed by atoms with E-state index in [0.717, 1.165) is 18.4 Å². The normalized spacial score (nSPS) is 21.4. The molecule has 0 saturated heterocycles. The van der Waals surface area contributed by atoms with Crippen LogP contribution in [-0.4, -0.2) is 11.0 Å². The summed E-state index contributed by atoms with van der Waals surface area (Å²) >= 11 is 3.43. The van der Waals surface area contributed by atoms with Gasteiger partial charge in [-0.05, 0) is 17.9 Å². The molecule has 0 aliphatic carbocycles. The van der Waals surface area contributed by atoms with Crippen LogP contribution >= 0.6 is 23.1 Å². The molecule has 1 aromatic rings. The van der Waals surface area contributed by atoms with Gasteiger partial charge in [0.2, 0.25) is 0 Å². The molecule has 0 saturated carbocycles. The molecule has 3 heteroatoms. The second-order valence-electron chi connectivity index (χ2n) is 2.88. The number of fused-ring (bicyclic) bond motifs is 1. The highest BCUT2D eigenvalue weighted by molar-refractivity contribution is 8.03. The van der Waals surface area contributed by atoms with Gasteiger partial charge in [-0.3, -0.25) is 4.79 Å². The van der Waals surface area contributed by atoms with Crippen LogP contribution in [0.25, 0.3) is 0 Å². The highest BCUT2D eigenvalue weighted by atomic mass is 32.2. The maximum Gasteiger partial charge on any atom is 0.178 e. The van der Waals surface area contributed by atoms with Gasteiger partial charge in [-0.25, -0.2) is 0 Å². The fourth-order valence-corrected chi connectivity index (χ4v) is 3.88. The molecule has 1 aliphatic rings. The summed E-state index contributed by atoms with van der Waals surface area (Å²) in [5, 5.41) is 2.22. The molecule has 0 radical (unpaired) electrons. The molecule has 1 unspecified atom stereocenters. The van der Waals surface area contributed by atoms with E-state index in [4.69, 9.17) is 0 Å². The van der Waals surface area contributed by atoms with Crippen molar-refractivity contribution >= 4 is 28.9 Å². The molecule has 0 spiro atoms. The van der Waals surface area contributed by atoms with E-state index in [9.17, 15) is 4.79 Å². The van der Waals surface area contributed by atoms with E-state index < -0.39 is 0 Å². The van der Waals surface area contributed by atoms with E-state index in [-0.39, 0.29) is 5.25 Å². The Bertz CT molecular complexity index is 303. The smallest absolute Gasteiger partial charge is 0.178 e. The number of carbonyl (C=O) groups is 1. The summed E-state index contributed by atoms with van der Waals surface area (Å²) in [6, 6.07) is 1.95. The monoisotopic (exact) mass is 198 g/mol. The molecular formula is C9H10OS2. The molecule has 0 fully saturated rings. The zero-order valence-corrected chi connectivity index (χ0v) is 8.50. The molecule has 2 rings (SSSR count). The van der Waals surface area contributed by atoms with E-state index >= 15 is 0 Å². The average molecular weight is 198 g/mol. The SMILES string of the molecule is CCCC1Sc2sccc2C1=O. The first-order valence-electron chi connectivity index (χ1n) is 4.11. The number of thioether (sulfide) groups is 1. The summed E-state index contributed by atoms with van der Waals surface area (Å²) in [5.41, 5.74) is 0.962. The van der Waals surface area contributed by atoms with Crippen molar-refractivity contribution < 1.29 is 4.79 Å². The predicted octanol–water partition coefficient (Wildman–Crippen LogP) is 3.21. The second kappa shape index (κ2) is 3.23. The van der Waals surface area contributed by atoms with Crippen molar-refractivity contribution in [3.8, 4) is 0 Å². The van der Waals surface area contributed by atoms with Gasteiger partial charge in [0.05, 0.1) is 9.46 Å². The number of thiophene rings is 1. The molecule has 0 N–H and O–H groups in total. The number of hydrogen-bond donors (Lipinski definition) is 0. The number of Topliss-reactive ketones (excluding diaryl/α,β-unsaturated/α-hetero) is 1. The molecule has 1 atom stereocenters. The van der Waals surface area contributed by atoms with E-state index in [1.54, 1.807) is 23.1 Å². The van der Waals surface area contributed by atoms with Crippen molar-refractivity contribution in [2.45, 2.75) is 29.2 Å². The zero-order valence-electron chi connectivity index (χ0n) is 6.87. The van der Waals surface area contributed by atoms with Crippen LogP contribution in [0.15, 0.2) is 15.7 Å². The van der Waals surface area contributed by atoms with Gasteiger partial charge in [-0.15, -0.1) is 23.1 Å². The lowest BCUT2D eigenvalue weighted by molar-refractivity contribution is 0.0989. The van der Waals surface area contributed by atoms with Gasteiger partial charge in [-0.2, -0.15) is 0 Å². The Kier molecular flexibility index (Phi) is 2.24. The molecule has 64 valence electrons. The van der Waals surface area contributed by atoms with Crippen molar-refractivity contribution in [1.82, 2.24) is 0 Å². The number of carbonyl (C=O) groups excluding carboxylic acids is 1.